The first-order valence-corrected chi connectivity index (χ1v) is 8.79. The first-order chi connectivity index (χ1) is 10.9. The zero-order valence-corrected chi connectivity index (χ0v) is 13.5. The molecule has 7 heteroatoms. The molecule has 2 aromatic rings. The molecule has 1 aliphatic carbocycles. The standard InChI is InChI=1S/C16H18N2O4S/c1-17-11-14(9-15(17)16(19)20)23(21,22)18(13-7-8-13)10-12-5-3-2-4-6-12/h2-6,9,11,13H,7-8,10H2,1H3,(H,19,20). The fourth-order valence-corrected chi connectivity index (χ4v) is 4.30. The van der Waals surface area contributed by atoms with Crippen molar-refractivity contribution in [2.45, 2.75) is 30.3 Å². The highest BCUT2D eigenvalue weighted by Crippen LogP contribution is 2.34. The molecule has 0 saturated heterocycles. The van der Waals surface area contributed by atoms with Crippen LogP contribution in [0.3, 0.4) is 0 Å². The van der Waals surface area contributed by atoms with Crippen LogP contribution >= 0.6 is 0 Å². The molecule has 6 nitrogen and oxygen atoms in total. The molecule has 0 unspecified atom stereocenters. The third-order valence-corrected chi connectivity index (χ3v) is 5.80. The molecule has 0 radical (unpaired) electrons. The van der Waals surface area contributed by atoms with Gasteiger partial charge in [0.25, 0.3) is 0 Å². The van der Waals surface area contributed by atoms with Crippen molar-refractivity contribution >= 4 is 16.0 Å². The molecular weight excluding hydrogens is 316 g/mol. The van der Waals surface area contributed by atoms with E-state index >= 15 is 0 Å². The Morgan fingerprint density at radius 1 is 1.30 bits per heavy atom. The summed E-state index contributed by atoms with van der Waals surface area (Å²) in [5.74, 6) is -1.14. The van der Waals surface area contributed by atoms with E-state index in [1.165, 1.54) is 28.2 Å². The number of carboxylic acids is 1. The van der Waals surface area contributed by atoms with Gasteiger partial charge in [-0.25, -0.2) is 13.2 Å². The van der Waals surface area contributed by atoms with Crippen LogP contribution in [0.4, 0.5) is 0 Å². The summed E-state index contributed by atoms with van der Waals surface area (Å²) < 4.78 is 28.6. The Balaban J connectivity index is 1.95. The Morgan fingerprint density at radius 3 is 2.48 bits per heavy atom. The van der Waals surface area contributed by atoms with Crippen molar-refractivity contribution in [2.24, 2.45) is 7.05 Å². The second-order valence-electron chi connectivity index (χ2n) is 5.74. The minimum atomic E-state index is -3.72. The Morgan fingerprint density at radius 2 is 1.96 bits per heavy atom. The number of benzene rings is 1. The molecule has 122 valence electrons. The maximum atomic E-state index is 12.9. The molecule has 23 heavy (non-hydrogen) atoms. The maximum absolute atomic E-state index is 12.9. The Bertz CT molecular complexity index is 823. The van der Waals surface area contributed by atoms with Crippen molar-refractivity contribution in [2.75, 3.05) is 0 Å². The normalized spacial score (nSPS) is 15.0. The number of nitrogens with zero attached hydrogens (tertiary/aromatic N) is 2. The van der Waals surface area contributed by atoms with Crippen LogP contribution in [0.5, 0.6) is 0 Å². The molecule has 0 amide bonds. The number of rotatable bonds is 6. The summed E-state index contributed by atoms with van der Waals surface area (Å²) in [5, 5.41) is 9.11. The van der Waals surface area contributed by atoms with E-state index in [0.29, 0.717) is 6.54 Å². The number of aromatic carboxylic acids is 1. The molecule has 1 N–H and O–H groups in total. The van der Waals surface area contributed by atoms with Gasteiger partial charge in [0.05, 0.1) is 0 Å². The topological polar surface area (TPSA) is 79.6 Å². The minimum Gasteiger partial charge on any atom is -0.477 e. The van der Waals surface area contributed by atoms with Crippen LogP contribution in [-0.4, -0.2) is 34.4 Å². The van der Waals surface area contributed by atoms with E-state index in [0.717, 1.165) is 18.4 Å². The van der Waals surface area contributed by atoms with Gasteiger partial charge in [-0.1, -0.05) is 30.3 Å². The van der Waals surface area contributed by atoms with Crippen molar-refractivity contribution in [3.63, 3.8) is 0 Å². The Labute approximate surface area is 135 Å². The van der Waals surface area contributed by atoms with Gasteiger partial charge >= 0.3 is 5.97 Å². The zero-order chi connectivity index (χ0) is 16.6. The average Bonchev–Trinajstić information content (AvgIpc) is 3.26. The van der Waals surface area contributed by atoms with Gasteiger partial charge in [-0.3, -0.25) is 0 Å². The van der Waals surface area contributed by atoms with Crippen molar-refractivity contribution in [3.05, 3.63) is 53.9 Å². The van der Waals surface area contributed by atoms with E-state index in [9.17, 15) is 13.2 Å². The zero-order valence-electron chi connectivity index (χ0n) is 12.7. The van der Waals surface area contributed by atoms with Crippen molar-refractivity contribution in [1.29, 1.82) is 0 Å². The van der Waals surface area contributed by atoms with Crippen molar-refractivity contribution in [3.8, 4) is 0 Å². The third-order valence-electron chi connectivity index (χ3n) is 3.94. The number of carboxylic acid groups (broad SMARTS) is 1. The summed E-state index contributed by atoms with van der Waals surface area (Å²) >= 11 is 0. The first-order valence-electron chi connectivity index (χ1n) is 7.35. The second kappa shape index (κ2) is 5.82. The van der Waals surface area contributed by atoms with Crippen LogP contribution in [0.25, 0.3) is 0 Å². The van der Waals surface area contributed by atoms with Gasteiger partial charge in [-0.05, 0) is 24.5 Å². The van der Waals surface area contributed by atoms with Crippen LogP contribution in [0.1, 0.15) is 28.9 Å². The molecule has 0 aliphatic heterocycles. The molecule has 1 heterocycles. The van der Waals surface area contributed by atoms with Crippen molar-refractivity contribution < 1.29 is 18.3 Å². The average molecular weight is 334 g/mol. The lowest BCUT2D eigenvalue weighted by Crippen LogP contribution is -2.32. The van der Waals surface area contributed by atoms with Gasteiger partial charge in [0.1, 0.15) is 10.6 Å². The molecule has 1 fully saturated rings. The van der Waals surface area contributed by atoms with Crippen LogP contribution in [0.2, 0.25) is 0 Å². The lowest BCUT2D eigenvalue weighted by Gasteiger charge is -2.21. The fourth-order valence-electron chi connectivity index (χ4n) is 2.56. The predicted octanol–water partition coefficient (Wildman–Crippen LogP) is 2.08. The van der Waals surface area contributed by atoms with Crippen molar-refractivity contribution in [1.82, 2.24) is 8.87 Å². The molecule has 0 atom stereocenters. The van der Waals surface area contributed by atoms with E-state index in [2.05, 4.69) is 0 Å². The number of hydrogen-bond donors (Lipinski definition) is 1. The van der Waals surface area contributed by atoms with Crippen LogP contribution in [0, 0.1) is 0 Å². The minimum absolute atomic E-state index is 0.00584. The molecule has 3 rings (SSSR count). The Kier molecular flexibility index (Phi) is 3.99. The fraction of sp³-hybridized carbons (Fsp3) is 0.312. The highest BCUT2D eigenvalue weighted by atomic mass is 32.2. The molecule has 1 aromatic heterocycles. The lowest BCUT2D eigenvalue weighted by molar-refractivity contribution is 0.0686. The molecule has 0 spiro atoms. The van der Waals surface area contributed by atoms with Gasteiger partial charge in [-0.15, -0.1) is 0 Å². The Hall–Kier alpha value is -2.12. The number of aromatic nitrogens is 1. The SMILES string of the molecule is Cn1cc(S(=O)(=O)N(Cc2ccccc2)C2CC2)cc1C(=O)O. The van der Waals surface area contributed by atoms with Gasteiger partial charge < -0.3 is 9.67 Å². The maximum Gasteiger partial charge on any atom is 0.352 e. The van der Waals surface area contributed by atoms with Gasteiger partial charge in [0.15, 0.2) is 0 Å². The number of sulfonamides is 1. The molecule has 1 aliphatic rings. The molecule has 1 saturated carbocycles. The molecule has 1 aromatic carbocycles. The number of carbonyl (C=O) groups is 1. The van der Waals surface area contributed by atoms with Gasteiger partial charge in [0, 0.05) is 25.8 Å². The summed E-state index contributed by atoms with van der Waals surface area (Å²) in [7, 11) is -2.19. The van der Waals surface area contributed by atoms with E-state index in [4.69, 9.17) is 5.11 Å². The predicted molar refractivity (Wildman–Crippen MR) is 84.6 cm³/mol. The van der Waals surface area contributed by atoms with E-state index in [-0.39, 0.29) is 16.6 Å². The largest absolute Gasteiger partial charge is 0.477 e. The number of hydrogen-bond acceptors (Lipinski definition) is 3. The summed E-state index contributed by atoms with van der Waals surface area (Å²) in [4.78, 5) is 11.2. The van der Waals surface area contributed by atoms with Crippen LogP contribution in [-0.2, 0) is 23.6 Å². The smallest absolute Gasteiger partial charge is 0.352 e. The summed E-state index contributed by atoms with van der Waals surface area (Å²) in [6.45, 7) is 0.297. The van der Waals surface area contributed by atoms with Crippen LogP contribution < -0.4 is 0 Å². The summed E-state index contributed by atoms with van der Waals surface area (Å²) in [6, 6.07) is 10.6. The van der Waals surface area contributed by atoms with Gasteiger partial charge in [0.2, 0.25) is 10.0 Å². The summed E-state index contributed by atoms with van der Waals surface area (Å²) in [6.07, 6.45) is 3.04. The molecular formula is C16H18N2O4S. The monoisotopic (exact) mass is 334 g/mol. The van der Waals surface area contributed by atoms with Gasteiger partial charge in [-0.2, -0.15) is 4.31 Å². The quantitative estimate of drug-likeness (QED) is 0.877. The van der Waals surface area contributed by atoms with Crippen LogP contribution in [0.15, 0.2) is 47.5 Å². The van der Waals surface area contributed by atoms with E-state index in [1.807, 2.05) is 30.3 Å². The molecule has 0 bridgehead atoms. The highest BCUT2D eigenvalue weighted by Gasteiger charge is 2.38. The number of aryl methyl sites for hydroxylation is 1. The lowest BCUT2D eigenvalue weighted by atomic mass is 10.2. The second-order valence-corrected chi connectivity index (χ2v) is 7.63. The summed E-state index contributed by atoms with van der Waals surface area (Å²) in [5.41, 5.74) is 0.872. The van der Waals surface area contributed by atoms with E-state index < -0.39 is 16.0 Å². The highest BCUT2D eigenvalue weighted by molar-refractivity contribution is 7.89. The first kappa shape index (κ1) is 15.8. The van der Waals surface area contributed by atoms with E-state index in [1.54, 1.807) is 0 Å². The third kappa shape index (κ3) is 3.16.